The van der Waals surface area contributed by atoms with Crippen LogP contribution in [0.4, 0.5) is 0 Å². The van der Waals surface area contributed by atoms with Crippen LogP contribution in [0, 0.1) is 6.92 Å². The van der Waals surface area contributed by atoms with Gasteiger partial charge in [0.25, 0.3) is 10.0 Å². The van der Waals surface area contributed by atoms with Gasteiger partial charge in [0.05, 0.1) is 4.90 Å². The summed E-state index contributed by atoms with van der Waals surface area (Å²) in [5.74, 6) is 0. The number of hydrogen-bond acceptors (Lipinski definition) is 2. The van der Waals surface area contributed by atoms with E-state index in [0.29, 0.717) is 0 Å². The van der Waals surface area contributed by atoms with Crippen molar-refractivity contribution in [2.75, 3.05) is 0 Å². The summed E-state index contributed by atoms with van der Waals surface area (Å²) in [6, 6.07) is 14.4. The highest BCUT2D eigenvalue weighted by molar-refractivity contribution is 7.90. The Morgan fingerprint density at radius 1 is 1.10 bits per heavy atom. The molecule has 0 spiro atoms. The second-order valence-electron chi connectivity index (χ2n) is 4.62. The van der Waals surface area contributed by atoms with Gasteiger partial charge < -0.3 is 0 Å². The topological polar surface area (TPSA) is 46.5 Å². The SMILES string of the molecule is CCc1cccc(/C=N/S(=O)(=O)c2ccc(C)cc2)c1. The fourth-order valence-electron chi connectivity index (χ4n) is 1.79. The minimum atomic E-state index is -3.63. The van der Waals surface area contributed by atoms with Gasteiger partial charge in [0.15, 0.2) is 0 Å². The smallest absolute Gasteiger partial charge is 0.199 e. The molecule has 0 radical (unpaired) electrons. The second-order valence-corrected chi connectivity index (χ2v) is 6.25. The summed E-state index contributed by atoms with van der Waals surface area (Å²) < 4.78 is 27.9. The van der Waals surface area contributed by atoms with Crippen LogP contribution in [0.25, 0.3) is 0 Å². The Kier molecular flexibility index (Phi) is 4.35. The third-order valence-corrected chi connectivity index (χ3v) is 4.27. The normalized spacial score (nSPS) is 11.9. The molecule has 104 valence electrons. The van der Waals surface area contributed by atoms with E-state index in [1.165, 1.54) is 6.21 Å². The van der Waals surface area contributed by atoms with Crippen molar-refractivity contribution in [1.82, 2.24) is 0 Å². The van der Waals surface area contributed by atoms with Crippen LogP contribution in [0.3, 0.4) is 0 Å². The highest BCUT2D eigenvalue weighted by Gasteiger charge is 2.10. The van der Waals surface area contributed by atoms with Gasteiger partial charge in [0.1, 0.15) is 0 Å². The van der Waals surface area contributed by atoms with E-state index in [1.807, 2.05) is 31.2 Å². The summed E-state index contributed by atoms with van der Waals surface area (Å²) in [5.41, 5.74) is 2.96. The lowest BCUT2D eigenvalue weighted by atomic mass is 10.1. The molecule has 2 aromatic carbocycles. The fourth-order valence-corrected chi connectivity index (χ4v) is 2.66. The molecule has 0 saturated carbocycles. The molecule has 0 unspecified atom stereocenters. The first-order chi connectivity index (χ1) is 9.51. The van der Waals surface area contributed by atoms with Crippen LogP contribution >= 0.6 is 0 Å². The maximum Gasteiger partial charge on any atom is 0.282 e. The lowest BCUT2D eigenvalue weighted by Crippen LogP contribution is -1.98. The standard InChI is InChI=1S/C16H17NO2S/c1-3-14-5-4-6-15(11-14)12-17-20(18,19)16-9-7-13(2)8-10-16/h4-12H,3H2,1-2H3/b17-12+. The van der Waals surface area contributed by atoms with Crippen molar-refractivity contribution < 1.29 is 8.42 Å². The van der Waals surface area contributed by atoms with Gasteiger partial charge in [-0.3, -0.25) is 0 Å². The molecule has 0 heterocycles. The van der Waals surface area contributed by atoms with Crippen LogP contribution < -0.4 is 0 Å². The maximum atomic E-state index is 12.1. The predicted molar refractivity (Wildman–Crippen MR) is 81.8 cm³/mol. The molecule has 20 heavy (non-hydrogen) atoms. The van der Waals surface area contributed by atoms with E-state index in [1.54, 1.807) is 24.3 Å². The Morgan fingerprint density at radius 2 is 1.80 bits per heavy atom. The minimum absolute atomic E-state index is 0.214. The van der Waals surface area contributed by atoms with Crippen LogP contribution in [-0.2, 0) is 16.4 Å². The van der Waals surface area contributed by atoms with Gasteiger partial charge >= 0.3 is 0 Å². The van der Waals surface area contributed by atoms with Crippen LogP contribution in [-0.4, -0.2) is 14.6 Å². The second kappa shape index (κ2) is 6.01. The highest BCUT2D eigenvalue weighted by Crippen LogP contribution is 2.13. The summed E-state index contributed by atoms with van der Waals surface area (Å²) >= 11 is 0. The molecule has 0 aliphatic carbocycles. The molecular weight excluding hydrogens is 270 g/mol. The van der Waals surface area contributed by atoms with Gasteiger partial charge in [-0.25, -0.2) is 0 Å². The number of rotatable bonds is 4. The van der Waals surface area contributed by atoms with Crippen molar-refractivity contribution in [2.24, 2.45) is 4.40 Å². The molecule has 0 fully saturated rings. The first kappa shape index (κ1) is 14.5. The van der Waals surface area contributed by atoms with Gasteiger partial charge in [-0.2, -0.15) is 12.8 Å². The van der Waals surface area contributed by atoms with E-state index < -0.39 is 10.0 Å². The van der Waals surface area contributed by atoms with Crippen molar-refractivity contribution in [1.29, 1.82) is 0 Å². The van der Waals surface area contributed by atoms with E-state index in [2.05, 4.69) is 11.3 Å². The minimum Gasteiger partial charge on any atom is -0.199 e. The maximum absolute atomic E-state index is 12.1. The largest absolute Gasteiger partial charge is 0.282 e. The molecule has 0 amide bonds. The molecule has 0 aliphatic heterocycles. The molecule has 0 aliphatic rings. The van der Waals surface area contributed by atoms with E-state index >= 15 is 0 Å². The van der Waals surface area contributed by atoms with E-state index in [-0.39, 0.29) is 4.90 Å². The number of benzene rings is 2. The van der Waals surface area contributed by atoms with Gasteiger partial charge in [-0.1, -0.05) is 48.9 Å². The van der Waals surface area contributed by atoms with Gasteiger partial charge in [0, 0.05) is 6.21 Å². The van der Waals surface area contributed by atoms with Gasteiger partial charge in [-0.05, 0) is 36.6 Å². The van der Waals surface area contributed by atoms with Crippen molar-refractivity contribution >= 4 is 16.2 Å². The Balaban J connectivity index is 2.27. The number of aryl methyl sites for hydroxylation is 2. The molecule has 0 atom stereocenters. The molecular formula is C16H17NO2S. The zero-order valence-corrected chi connectivity index (χ0v) is 12.4. The van der Waals surface area contributed by atoms with Crippen molar-refractivity contribution in [3.63, 3.8) is 0 Å². The van der Waals surface area contributed by atoms with Crippen LogP contribution in [0.15, 0.2) is 57.8 Å². The first-order valence-corrected chi connectivity index (χ1v) is 7.91. The molecule has 2 aromatic rings. The summed E-state index contributed by atoms with van der Waals surface area (Å²) in [7, 11) is -3.63. The van der Waals surface area contributed by atoms with Crippen molar-refractivity contribution in [3.05, 3.63) is 65.2 Å². The van der Waals surface area contributed by atoms with E-state index in [4.69, 9.17) is 0 Å². The van der Waals surface area contributed by atoms with Crippen LogP contribution in [0.1, 0.15) is 23.6 Å². The lowest BCUT2D eigenvalue weighted by Gasteiger charge is -2.00. The quantitative estimate of drug-likeness (QED) is 0.809. The summed E-state index contributed by atoms with van der Waals surface area (Å²) in [6.45, 7) is 3.97. The zero-order chi connectivity index (χ0) is 14.6. The molecule has 2 rings (SSSR count). The Hall–Kier alpha value is -1.94. The number of nitrogens with zero attached hydrogens (tertiary/aromatic N) is 1. The van der Waals surface area contributed by atoms with Gasteiger partial charge in [-0.15, -0.1) is 0 Å². The lowest BCUT2D eigenvalue weighted by molar-refractivity contribution is 0.598. The summed E-state index contributed by atoms with van der Waals surface area (Å²) in [4.78, 5) is 0.214. The monoisotopic (exact) mass is 287 g/mol. The fraction of sp³-hybridized carbons (Fsp3) is 0.188. The van der Waals surface area contributed by atoms with Crippen LogP contribution in [0.2, 0.25) is 0 Å². The first-order valence-electron chi connectivity index (χ1n) is 6.47. The van der Waals surface area contributed by atoms with E-state index in [0.717, 1.165) is 23.1 Å². The third-order valence-electron chi connectivity index (χ3n) is 3.02. The Morgan fingerprint density at radius 3 is 2.45 bits per heavy atom. The molecule has 3 nitrogen and oxygen atoms in total. The molecule has 0 bridgehead atoms. The molecule has 0 N–H and O–H groups in total. The molecule has 4 heteroatoms. The highest BCUT2D eigenvalue weighted by atomic mass is 32.2. The third kappa shape index (κ3) is 3.54. The average Bonchev–Trinajstić information content (AvgIpc) is 2.46. The van der Waals surface area contributed by atoms with Gasteiger partial charge in [0.2, 0.25) is 0 Å². The molecule has 0 aromatic heterocycles. The Labute approximate surface area is 120 Å². The van der Waals surface area contributed by atoms with E-state index in [9.17, 15) is 8.42 Å². The van der Waals surface area contributed by atoms with Crippen molar-refractivity contribution in [2.45, 2.75) is 25.2 Å². The predicted octanol–water partition coefficient (Wildman–Crippen LogP) is 3.37. The molecule has 0 saturated heterocycles. The summed E-state index contributed by atoms with van der Waals surface area (Å²) in [6.07, 6.45) is 2.31. The number of hydrogen-bond donors (Lipinski definition) is 0. The van der Waals surface area contributed by atoms with Crippen molar-refractivity contribution in [3.8, 4) is 0 Å². The Bertz CT molecular complexity index is 716. The van der Waals surface area contributed by atoms with Crippen LogP contribution in [0.5, 0.6) is 0 Å². The number of sulfonamides is 1. The zero-order valence-electron chi connectivity index (χ0n) is 11.6. The summed E-state index contributed by atoms with van der Waals surface area (Å²) in [5, 5.41) is 0. The average molecular weight is 287 g/mol.